The highest BCUT2D eigenvalue weighted by Gasteiger charge is 2.08. The lowest BCUT2D eigenvalue weighted by atomic mass is 10.2. The number of nitrogens with two attached hydrogens (primary N) is 1. The van der Waals surface area contributed by atoms with Crippen LogP contribution < -0.4 is 16.4 Å². The minimum absolute atomic E-state index is 0.131. The molecule has 0 aromatic carbocycles. The van der Waals surface area contributed by atoms with Crippen LogP contribution in [-0.4, -0.2) is 29.2 Å². The van der Waals surface area contributed by atoms with Gasteiger partial charge in [0.25, 0.3) is 0 Å². The van der Waals surface area contributed by atoms with Gasteiger partial charge in [0, 0.05) is 6.54 Å². The van der Waals surface area contributed by atoms with Crippen LogP contribution in [0.3, 0.4) is 0 Å². The smallest absolute Gasteiger partial charge is 0.321 e. The molecule has 3 amide bonds. The Morgan fingerprint density at radius 1 is 1.42 bits per heavy atom. The molecule has 1 rings (SSSR count). The van der Waals surface area contributed by atoms with Crippen molar-refractivity contribution in [2.45, 2.75) is 18.9 Å². The Labute approximate surface area is 116 Å². The summed E-state index contributed by atoms with van der Waals surface area (Å²) < 4.78 is 0. The lowest BCUT2D eigenvalue weighted by Crippen LogP contribution is -2.41. The van der Waals surface area contributed by atoms with Crippen LogP contribution >= 0.6 is 11.8 Å². The number of carbonyl (C=O) groups is 2. The quantitative estimate of drug-likeness (QED) is 0.706. The van der Waals surface area contributed by atoms with Crippen molar-refractivity contribution >= 4 is 29.4 Å². The summed E-state index contributed by atoms with van der Waals surface area (Å²) in [4.78, 5) is 26.9. The SMILES string of the molecule is CC(C)CNC(=O)NC(=O)CSc1ccc(N)cn1. The number of urea groups is 1. The van der Waals surface area contributed by atoms with Gasteiger partial charge in [-0.05, 0) is 18.1 Å². The van der Waals surface area contributed by atoms with Gasteiger partial charge in [-0.2, -0.15) is 0 Å². The molecular formula is C12H18N4O2S. The number of aromatic nitrogens is 1. The highest BCUT2D eigenvalue weighted by Crippen LogP contribution is 2.15. The van der Waals surface area contributed by atoms with Crippen molar-refractivity contribution in [1.29, 1.82) is 0 Å². The van der Waals surface area contributed by atoms with Crippen LogP contribution in [0.4, 0.5) is 10.5 Å². The monoisotopic (exact) mass is 282 g/mol. The normalized spacial score (nSPS) is 10.3. The van der Waals surface area contributed by atoms with Gasteiger partial charge in [0.15, 0.2) is 0 Å². The largest absolute Gasteiger partial charge is 0.397 e. The molecule has 0 bridgehead atoms. The summed E-state index contributed by atoms with van der Waals surface area (Å²) in [6, 6.07) is 2.97. The second-order valence-corrected chi connectivity index (χ2v) is 5.37. The van der Waals surface area contributed by atoms with Gasteiger partial charge >= 0.3 is 6.03 Å². The molecular weight excluding hydrogens is 264 g/mol. The van der Waals surface area contributed by atoms with E-state index in [2.05, 4.69) is 15.6 Å². The Hall–Kier alpha value is -1.76. The summed E-state index contributed by atoms with van der Waals surface area (Å²) in [5.74, 6) is 0.116. The van der Waals surface area contributed by atoms with Crippen molar-refractivity contribution < 1.29 is 9.59 Å². The maximum absolute atomic E-state index is 11.5. The van der Waals surface area contributed by atoms with E-state index in [9.17, 15) is 9.59 Å². The maximum atomic E-state index is 11.5. The highest BCUT2D eigenvalue weighted by atomic mass is 32.2. The van der Waals surface area contributed by atoms with E-state index in [0.717, 1.165) is 0 Å². The lowest BCUT2D eigenvalue weighted by Gasteiger charge is -2.08. The molecule has 0 atom stereocenters. The Kier molecular flexibility index (Phi) is 6.14. The Bertz CT molecular complexity index is 434. The van der Waals surface area contributed by atoms with E-state index in [0.29, 0.717) is 23.2 Å². The number of amides is 3. The number of hydrogen-bond donors (Lipinski definition) is 3. The van der Waals surface area contributed by atoms with Gasteiger partial charge in [-0.1, -0.05) is 25.6 Å². The van der Waals surface area contributed by atoms with Crippen LogP contribution in [0.25, 0.3) is 0 Å². The Morgan fingerprint density at radius 3 is 2.74 bits per heavy atom. The molecule has 0 radical (unpaired) electrons. The number of imide groups is 1. The van der Waals surface area contributed by atoms with Gasteiger partial charge in [-0.3, -0.25) is 10.1 Å². The molecule has 0 aliphatic heterocycles. The highest BCUT2D eigenvalue weighted by molar-refractivity contribution is 7.99. The zero-order valence-electron chi connectivity index (χ0n) is 11.0. The Morgan fingerprint density at radius 2 is 2.16 bits per heavy atom. The minimum Gasteiger partial charge on any atom is -0.397 e. The molecule has 1 aromatic heterocycles. The molecule has 0 saturated heterocycles. The number of nitrogens with zero attached hydrogens (tertiary/aromatic N) is 1. The van der Waals surface area contributed by atoms with Crippen LogP contribution in [0.15, 0.2) is 23.4 Å². The van der Waals surface area contributed by atoms with Gasteiger partial charge < -0.3 is 11.1 Å². The molecule has 104 valence electrons. The van der Waals surface area contributed by atoms with E-state index >= 15 is 0 Å². The van der Waals surface area contributed by atoms with Crippen molar-refractivity contribution in [3.8, 4) is 0 Å². The average molecular weight is 282 g/mol. The first-order valence-corrected chi connectivity index (χ1v) is 6.88. The number of rotatable bonds is 5. The van der Waals surface area contributed by atoms with Crippen molar-refractivity contribution in [2.75, 3.05) is 18.0 Å². The van der Waals surface area contributed by atoms with E-state index in [1.165, 1.54) is 18.0 Å². The second kappa shape index (κ2) is 7.63. The van der Waals surface area contributed by atoms with Crippen LogP contribution in [0.1, 0.15) is 13.8 Å². The van der Waals surface area contributed by atoms with Crippen LogP contribution in [-0.2, 0) is 4.79 Å². The summed E-state index contributed by atoms with van der Waals surface area (Å²) in [7, 11) is 0. The number of nitrogen functional groups attached to an aromatic ring is 1. The molecule has 0 aliphatic carbocycles. The first-order chi connectivity index (χ1) is 8.97. The molecule has 0 unspecified atom stereocenters. The molecule has 4 N–H and O–H groups in total. The number of anilines is 1. The van der Waals surface area contributed by atoms with Crippen LogP contribution in [0.5, 0.6) is 0 Å². The fraction of sp³-hybridized carbons (Fsp3) is 0.417. The number of thioether (sulfide) groups is 1. The van der Waals surface area contributed by atoms with Gasteiger partial charge in [0.1, 0.15) is 0 Å². The van der Waals surface area contributed by atoms with Gasteiger partial charge in [0.2, 0.25) is 5.91 Å². The molecule has 1 heterocycles. The summed E-state index contributed by atoms with van der Waals surface area (Å²) >= 11 is 1.24. The summed E-state index contributed by atoms with van der Waals surface area (Å²) in [6.45, 7) is 4.49. The lowest BCUT2D eigenvalue weighted by molar-refractivity contribution is -0.117. The van der Waals surface area contributed by atoms with E-state index in [1.54, 1.807) is 12.1 Å². The average Bonchev–Trinajstić information content (AvgIpc) is 2.36. The fourth-order valence-electron chi connectivity index (χ4n) is 1.12. The minimum atomic E-state index is -0.468. The zero-order valence-corrected chi connectivity index (χ0v) is 11.8. The number of carbonyl (C=O) groups excluding carboxylic acids is 2. The predicted octanol–water partition coefficient (Wildman–Crippen LogP) is 1.24. The molecule has 0 fully saturated rings. The molecule has 7 heteroatoms. The molecule has 1 aromatic rings. The molecule has 0 saturated carbocycles. The van der Waals surface area contributed by atoms with Crippen molar-refractivity contribution in [3.05, 3.63) is 18.3 Å². The number of hydrogen-bond acceptors (Lipinski definition) is 5. The van der Waals surface area contributed by atoms with E-state index in [1.807, 2.05) is 13.8 Å². The van der Waals surface area contributed by atoms with Gasteiger partial charge in [-0.25, -0.2) is 9.78 Å². The summed E-state index contributed by atoms with van der Waals surface area (Å²) in [5.41, 5.74) is 6.07. The van der Waals surface area contributed by atoms with Crippen molar-refractivity contribution in [1.82, 2.24) is 15.6 Å². The third-order valence-electron chi connectivity index (χ3n) is 2.03. The van der Waals surface area contributed by atoms with Crippen molar-refractivity contribution in [2.24, 2.45) is 5.92 Å². The molecule has 19 heavy (non-hydrogen) atoms. The van der Waals surface area contributed by atoms with E-state index in [4.69, 9.17) is 5.73 Å². The number of nitrogens with one attached hydrogen (secondary N) is 2. The Balaban J connectivity index is 2.27. The van der Waals surface area contributed by atoms with Gasteiger partial charge in [0.05, 0.1) is 22.7 Å². The third-order valence-corrected chi connectivity index (χ3v) is 2.98. The second-order valence-electron chi connectivity index (χ2n) is 4.37. The topological polar surface area (TPSA) is 97.1 Å². The van der Waals surface area contributed by atoms with Crippen LogP contribution in [0, 0.1) is 5.92 Å². The van der Waals surface area contributed by atoms with E-state index in [-0.39, 0.29) is 11.7 Å². The maximum Gasteiger partial charge on any atom is 0.321 e. The summed E-state index contributed by atoms with van der Waals surface area (Å²) in [5, 5.41) is 5.55. The molecule has 0 spiro atoms. The van der Waals surface area contributed by atoms with Crippen molar-refractivity contribution in [3.63, 3.8) is 0 Å². The third kappa shape index (κ3) is 6.66. The summed E-state index contributed by atoms with van der Waals surface area (Å²) in [6.07, 6.45) is 1.52. The molecule has 0 aliphatic rings. The first-order valence-electron chi connectivity index (χ1n) is 5.89. The van der Waals surface area contributed by atoms with Gasteiger partial charge in [-0.15, -0.1) is 0 Å². The standard InChI is InChI=1S/C12H18N4O2S/c1-8(2)5-15-12(18)16-10(17)7-19-11-4-3-9(13)6-14-11/h3-4,6,8H,5,7,13H2,1-2H3,(H2,15,16,17,18). The zero-order chi connectivity index (χ0) is 14.3. The molecule has 6 nitrogen and oxygen atoms in total. The fourth-order valence-corrected chi connectivity index (χ4v) is 1.76. The predicted molar refractivity (Wildman–Crippen MR) is 75.8 cm³/mol. The van der Waals surface area contributed by atoms with Crippen LogP contribution in [0.2, 0.25) is 0 Å². The first kappa shape index (κ1) is 15.3. The van der Waals surface area contributed by atoms with E-state index < -0.39 is 6.03 Å². The number of pyridine rings is 1.